The maximum atomic E-state index is 6.21. The zero-order valence-electron chi connectivity index (χ0n) is 14.1. The second-order valence-electron chi connectivity index (χ2n) is 6.40. The number of aromatic nitrogens is 1. The van der Waals surface area contributed by atoms with Crippen LogP contribution in [0.3, 0.4) is 0 Å². The van der Waals surface area contributed by atoms with Crippen molar-refractivity contribution in [3.05, 3.63) is 64.3 Å². The summed E-state index contributed by atoms with van der Waals surface area (Å²) in [6.07, 6.45) is 6.27. The summed E-state index contributed by atoms with van der Waals surface area (Å²) in [5.41, 5.74) is 4.99. The van der Waals surface area contributed by atoms with Crippen molar-refractivity contribution < 1.29 is 4.74 Å². The Labute approximate surface area is 152 Å². The fourth-order valence-corrected chi connectivity index (χ4v) is 3.85. The minimum absolute atomic E-state index is 0.191. The number of nitrogens with one attached hydrogen (secondary N) is 1. The van der Waals surface area contributed by atoms with Crippen LogP contribution in [0.1, 0.15) is 22.9 Å². The van der Waals surface area contributed by atoms with Gasteiger partial charge in [-0.05, 0) is 54.9 Å². The molecule has 0 saturated heterocycles. The summed E-state index contributed by atoms with van der Waals surface area (Å²) in [4.78, 5) is 5.98. The summed E-state index contributed by atoms with van der Waals surface area (Å²) in [5, 5.41) is 2.01. The van der Waals surface area contributed by atoms with Crippen molar-refractivity contribution in [1.82, 2.24) is 9.88 Å². The fraction of sp³-hybridized carbons (Fsp3) is 0.238. The van der Waals surface area contributed by atoms with Crippen LogP contribution >= 0.6 is 11.6 Å². The second kappa shape index (κ2) is 6.48. The predicted molar refractivity (Wildman–Crippen MR) is 102 cm³/mol. The van der Waals surface area contributed by atoms with E-state index in [0.29, 0.717) is 0 Å². The molecule has 25 heavy (non-hydrogen) atoms. The van der Waals surface area contributed by atoms with E-state index in [1.807, 2.05) is 18.2 Å². The van der Waals surface area contributed by atoms with Gasteiger partial charge in [0.05, 0.1) is 6.04 Å². The average Bonchev–Trinajstić information content (AvgIpc) is 2.98. The molecule has 1 aliphatic heterocycles. The minimum Gasteiger partial charge on any atom is -0.481 e. The Balaban J connectivity index is 1.75. The van der Waals surface area contributed by atoms with Gasteiger partial charge in [0.15, 0.2) is 0 Å². The molecule has 2 heterocycles. The normalized spacial score (nSPS) is 17.2. The second-order valence-corrected chi connectivity index (χ2v) is 6.84. The molecule has 3 aromatic rings. The van der Waals surface area contributed by atoms with Crippen molar-refractivity contribution in [3.63, 3.8) is 0 Å². The van der Waals surface area contributed by atoms with E-state index in [0.717, 1.165) is 29.3 Å². The number of hydrogen-bond donors (Lipinski definition) is 1. The van der Waals surface area contributed by atoms with Crippen molar-refractivity contribution in [2.45, 2.75) is 12.5 Å². The molecular formula is C21H19ClN2O. The molecule has 126 valence electrons. The van der Waals surface area contributed by atoms with Gasteiger partial charge in [-0.1, -0.05) is 29.7 Å². The summed E-state index contributed by atoms with van der Waals surface area (Å²) in [7, 11) is 2.16. The van der Waals surface area contributed by atoms with E-state index in [1.165, 1.54) is 22.2 Å². The van der Waals surface area contributed by atoms with E-state index >= 15 is 0 Å². The molecule has 1 aromatic heterocycles. The SMILES string of the molecule is C#CCOc1ccc(C2c3[nH]c4ccc(Cl)cc4c3CCN2C)cc1. The molecule has 0 amide bonds. The highest BCUT2D eigenvalue weighted by Crippen LogP contribution is 2.38. The number of halogens is 1. The van der Waals surface area contributed by atoms with Crippen LogP contribution in [0.25, 0.3) is 10.9 Å². The van der Waals surface area contributed by atoms with Crippen molar-refractivity contribution in [2.75, 3.05) is 20.2 Å². The Bertz CT molecular complexity index is 952. The van der Waals surface area contributed by atoms with Crippen LogP contribution in [0.15, 0.2) is 42.5 Å². The number of likely N-dealkylation sites (N-methyl/N-ethyl adjacent to an activating group) is 1. The average molecular weight is 351 g/mol. The van der Waals surface area contributed by atoms with Crippen molar-refractivity contribution in [2.24, 2.45) is 0 Å². The molecule has 1 N–H and O–H groups in total. The molecule has 1 atom stereocenters. The highest BCUT2D eigenvalue weighted by Gasteiger charge is 2.29. The number of hydrogen-bond acceptors (Lipinski definition) is 2. The minimum atomic E-state index is 0.191. The van der Waals surface area contributed by atoms with E-state index < -0.39 is 0 Å². The van der Waals surface area contributed by atoms with E-state index in [9.17, 15) is 0 Å². The number of benzene rings is 2. The standard InChI is InChI=1S/C21H19ClN2O/c1-3-12-25-16-7-4-14(5-8-16)21-20-17(10-11-24(21)2)18-13-15(22)6-9-19(18)23-20/h1,4-9,13,21,23H,10-12H2,2H3. The molecule has 4 heteroatoms. The van der Waals surface area contributed by atoms with Crippen molar-refractivity contribution in [1.29, 1.82) is 0 Å². The highest BCUT2D eigenvalue weighted by atomic mass is 35.5. The maximum Gasteiger partial charge on any atom is 0.148 e. The number of fused-ring (bicyclic) bond motifs is 3. The van der Waals surface area contributed by atoms with Gasteiger partial charge in [0.25, 0.3) is 0 Å². The summed E-state index contributed by atoms with van der Waals surface area (Å²) in [6, 6.07) is 14.4. The van der Waals surface area contributed by atoms with Crippen LogP contribution in [-0.2, 0) is 6.42 Å². The summed E-state index contributed by atoms with van der Waals surface area (Å²) in [5.74, 6) is 3.28. The Kier molecular flexibility index (Phi) is 4.17. The number of terminal acetylenes is 1. The Morgan fingerprint density at radius 3 is 2.84 bits per heavy atom. The van der Waals surface area contributed by atoms with Crippen molar-refractivity contribution >= 4 is 22.5 Å². The first-order valence-electron chi connectivity index (χ1n) is 8.34. The molecule has 2 aromatic carbocycles. The number of H-pyrrole nitrogens is 1. The van der Waals surface area contributed by atoms with Gasteiger partial charge in [-0.25, -0.2) is 0 Å². The maximum absolute atomic E-state index is 6.21. The van der Waals surface area contributed by atoms with E-state index in [1.54, 1.807) is 0 Å². The molecule has 0 bridgehead atoms. The molecule has 4 rings (SSSR count). The predicted octanol–water partition coefficient (Wildman–Crippen LogP) is 4.41. The smallest absolute Gasteiger partial charge is 0.148 e. The molecule has 1 unspecified atom stereocenters. The molecule has 0 fully saturated rings. The Morgan fingerprint density at radius 2 is 2.08 bits per heavy atom. The lowest BCUT2D eigenvalue weighted by atomic mass is 9.93. The van der Waals surface area contributed by atoms with Gasteiger partial charge in [-0.2, -0.15) is 0 Å². The molecule has 0 aliphatic carbocycles. The van der Waals surface area contributed by atoms with Crippen LogP contribution in [0.2, 0.25) is 5.02 Å². The summed E-state index contributed by atoms with van der Waals surface area (Å²) >= 11 is 6.21. The van der Waals surface area contributed by atoms with Crippen LogP contribution in [-0.4, -0.2) is 30.1 Å². The molecule has 0 spiro atoms. The third-order valence-corrected chi connectivity index (χ3v) is 5.08. The molecule has 1 aliphatic rings. The first kappa shape index (κ1) is 16.1. The van der Waals surface area contributed by atoms with Crippen LogP contribution in [0.5, 0.6) is 5.75 Å². The number of nitrogens with zero attached hydrogens (tertiary/aromatic N) is 1. The van der Waals surface area contributed by atoms with Gasteiger partial charge >= 0.3 is 0 Å². The Hall–Kier alpha value is -2.41. The monoisotopic (exact) mass is 350 g/mol. The molecular weight excluding hydrogens is 332 g/mol. The topological polar surface area (TPSA) is 28.3 Å². The fourth-order valence-electron chi connectivity index (χ4n) is 3.67. The zero-order valence-corrected chi connectivity index (χ0v) is 14.8. The lowest BCUT2D eigenvalue weighted by molar-refractivity contribution is 0.261. The van der Waals surface area contributed by atoms with Gasteiger partial charge in [0.1, 0.15) is 12.4 Å². The van der Waals surface area contributed by atoms with Crippen molar-refractivity contribution in [3.8, 4) is 18.1 Å². The number of rotatable bonds is 3. The third-order valence-electron chi connectivity index (χ3n) is 4.85. The van der Waals surface area contributed by atoms with Crippen LogP contribution in [0.4, 0.5) is 0 Å². The summed E-state index contributed by atoms with van der Waals surface area (Å²) < 4.78 is 5.48. The zero-order chi connectivity index (χ0) is 17.4. The largest absolute Gasteiger partial charge is 0.481 e. The highest BCUT2D eigenvalue weighted by molar-refractivity contribution is 6.31. The molecule has 0 saturated carbocycles. The van der Waals surface area contributed by atoms with Gasteiger partial charge in [-0.15, -0.1) is 6.42 Å². The number of ether oxygens (including phenoxy) is 1. The molecule has 3 nitrogen and oxygen atoms in total. The first-order chi connectivity index (χ1) is 12.2. The van der Waals surface area contributed by atoms with Crippen LogP contribution in [0, 0.1) is 12.3 Å². The third kappa shape index (κ3) is 2.89. The van der Waals surface area contributed by atoms with Gasteiger partial charge < -0.3 is 9.72 Å². The van der Waals surface area contributed by atoms with E-state index in [-0.39, 0.29) is 12.6 Å². The molecule has 0 radical (unpaired) electrons. The number of aromatic amines is 1. The van der Waals surface area contributed by atoms with Crippen LogP contribution < -0.4 is 4.74 Å². The van der Waals surface area contributed by atoms with E-state index in [2.05, 4.69) is 47.1 Å². The quantitative estimate of drug-likeness (QED) is 0.709. The Morgan fingerprint density at radius 1 is 1.28 bits per heavy atom. The lowest BCUT2D eigenvalue weighted by Gasteiger charge is -2.33. The lowest BCUT2D eigenvalue weighted by Crippen LogP contribution is -2.32. The van der Waals surface area contributed by atoms with Gasteiger partial charge in [0.2, 0.25) is 0 Å². The first-order valence-corrected chi connectivity index (χ1v) is 8.71. The van der Waals surface area contributed by atoms with Gasteiger partial charge in [0, 0.05) is 28.2 Å². The summed E-state index contributed by atoms with van der Waals surface area (Å²) in [6.45, 7) is 1.29. The van der Waals surface area contributed by atoms with Gasteiger partial charge in [-0.3, -0.25) is 4.90 Å². The van der Waals surface area contributed by atoms with E-state index in [4.69, 9.17) is 22.8 Å².